The number of ether oxygens (including phenoxy) is 1. The van der Waals surface area contributed by atoms with Crippen LogP contribution >= 0.6 is 11.6 Å². The van der Waals surface area contributed by atoms with Gasteiger partial charge in [0.25, 0.3) is 0 Å². The molecule has 4 N–H and O–H groups in total. The molecule has 0 spiro atoms. The highest BCUT2D eigenvalue weighted by atomic mass is 35.5. The van der Waals surface area contributed by atoms with Gasteiger partial charge < -0.3 is 15.6 Å². The minimum atomic E-state index is -1.18. The van der Waals surface area contributed by atoms with E-state index in [-0.39, 0.29) is 12.4 Å². The van der Waals surface area contributed by atoms with Crippen molar-refractivity contribution < 1.29 is 9.84 Å². The Labute approximate surface area is 135 Å². The smallest absolute Gasteiger partial charge is 0.136 e. The predicted octanol–water partition coefficient (Wildman–Crippen LogP) is 3.51. The third kappa shape index (κ3) is 3.59. The average Bonchev–Trinajstić information content (AvgIpc) is 2.48. The molecule has 1 unspecified atom stereocenters. The van der Waals surface area contributed by atoms with Crippen LogP contribution in [0.2, 0.25) is 5.02 Å². The van der Waals surface area contributed by atoms with E-state index in [0.717, 1.165) is 16.9 Å². The van der Waals surface area contributed by atoms with E-state index >= 15 is 0 Å². The monoisotopic (exact) mass is 318 g/mol. The van der Waals surface area contributed by atoms with Crippen molar-refractivity contribution >= 4 is 17.4 Å². The maximum atomic E-state index is 10.0. The summed E-state index contributed by atoms with van der Waals surface area (Å²) in [4.78, 5) is 0. The molecule has 0 aliphatic rings. The molecule has 0 fully saturated rings. The fraction of sp³-hybridized carbons (Fsp3) is 0.235. The number of aliphatic hydroxyl groups is 1. The molecule has 0 saturated carbocycles. The van der Waals surface area contributed by atoms with Crippen molar-refractivity contribution in [3.8, 4) is 5.75 Å². The molecule has 2 aromatic rings. The zero-order valence-electron chi connectivity index (χ0n) is 12.6. The van der Waals surface area contributed by atoms with Crippen LogP contribution in [0.3, 0.4) is 0 Å². The van der Waals surface area contributed by atoms with Gasteiger partial charge in [-0.05, 0) is 42.7 Å². The van der Waals surface area contributed by atoms with Crippen LogP contribution in [-0.4, -0.2) is 10.9 Å². The average molecular weight is 319 g/mol. The van der Waals surface area contributed by atoms with E-state index in [9.17, 15) is 5.11 Å². The van der Waals surface area contributed by atoms with E-state index in [2.05, 4.69) is 0 Å². The second-order valence-electron chi connectivity index (χ2n) is 5.22. The molecule has 1 atom stereocenters. The van der Waals surface area contributed by atoms with Crippen LogP contribution in [0.15, 0.2) is 36.4 Å². The van der Waals surface area contributed by atoms with Gasteiger partial charge in [0.2, 0.25) is 0 Å². The molecular formula is C17H19ClN2O2. The topological polar surface area (TPSA) is 79.3 Å². The van der Waals surface area contributed by atoms with Gasteiger partial charge in [0.05, 0.1) is 0 Å². The summed E-state index contributed by atoms with van der Waals surface area (Å²) in [7, 11) is 0. The summed E-state index contributed by atoms with van der Waals surface area (Å²) >= 11 is 6.21. The number of halogens is 1. The quantitative estimate of drug-likeness (QED) is 0.583. The van der Waals surface area contributed by atoms with E-state index in [1.54, 1.807) is 18.2 Å². The Kier molecular flexibility index (Phi) is 5.06. The summed E-state index contributed by atoms with van der Waals surface area (Å²) in [6.45, 7) is 4.16. The van der Waals surface area contributed by atoms with Gasteiger partial charge in [-0.25, -0.2) is 0 Å². The second-order valence-corrected chi connectivity index (χ2v) is 5.63. The van der Waals surface area contributed by atoms with Crippen LogP contribution in [0.5, 0.6) is 5.75 Å². The van der Waals surface area contributed by atoms with E-state index in [1.165, 1.54) is 0 Å². The molecule has 0 aliphatic carbocycles. The lowest BCUT2D eigenvalue weighted by atomic mass is 10.0. The number of aliphatic hydroxyl groups excluding tert-OH is 1. The fourth-order valence-electron chi connectivity index (χ4n) is 2.16. The van der Waals surface area contributed by atoms with Gasteiger partial charge >= 0.3 is 0 Å². The molecule has 116 valence electrons. The fourth-order valence-corrected chi connectivity index (χ4v) is 2.40. The van der Waals surface area contributed by atoms with E-state index in [4.69, 9.17) is 27.5 Å². The number of benzene rings is 2. The maximum absolute atomic E-state index is 10.0. The van der Waals surface area contributed by atoms with Crippen LogP contribution in [-0.2, 0) is 6.61 Å². The molecule has 0 heterocycles. The van der Waals surface area contributed by atoms with Crippen LogP contribution in [0.1, 0.15) is 28.4 Å². The van der Waals surface area contributed by atoms with Gasteiger partial charge in [0, 0.05) is 10.6 Å². The standard InChI is InChI=1S/C17H19ClN2O2/c1-10-6-7-11(2)15(8-10)22-9-13-12(16(21)17(19)20)4-3-5-14(13)18/h3-8,16,21H,9H2,1-2H3,(H3,19,20). The molecule has 5 heteroatoms. The molecule has 0 amide bonds. The first-order chi connectivity index (χ1) is 10.4. The number of aryl methyl sites for hydroxylation is 2. The number of rotatable bonds is 5. The Morgan fingerprint density at radius 1 is 1.32 bits per heavy atom. The summed E-state index contributed by atoms with van der Waals surface area (Å²) in [5, 5.41) is 17.9. The van der Waals surface area contributed by atoms with Gasteiger partial charge in [-0.1, -0.05) is 35.9 Å². The molecular weight excluding hydrogens is 300 g/mol. The van der Waals surface area contributed by atoms with Crippen LogP contribution < -0.4 is 10.5 Å². The van der Waals surface area contributed by atoms with Crippen molar-refractivity contribution in [2.45, 2.75) is 26.6 Å². The lowest BCUT2D eigenvalue weighted by Crippen LogP contribution is -2.21. The minimum Gasteiger partial charge on any atom is -0.489 e. The first-order valence-electron chi connectivity index (χ1n) is 6.89. The van der Waals surface area contributed by atoms with Gasteiger partial charge in [0.1, 0.15) is 24.3 Å². The molecule has 0 bridgehead atoms. The molecule has 2 rings (SSSR count). The van der Waals surface area contributed by atoms with Crippen LogP contribution in [0.25, 0.3) is 0 Å². The second kappa shape index (κ2) is 6.81. The normalized spacial score (nSPS) is 12.0. The summed E-state index contributed by atoms with van der Waals surface area (Å²) in [5.74, 6) is 0.443. The summed E-state index contributed by atoms with van der Waals surface area (Å²) in [6, 6.07) is 11.1. The van der Waals surface area contributed by atoms with Gasteiger partial charge in [-0.2, -0.15) is 0 Å². The zero-order chi connectivity index (χ0) is 16.3. The summed E-state index contributed by atoms with van der Waals surface area (Å²) in [5.41, 5.74) is 8.63. The Bertz CT molecular complexity index is 701. The molecule has 0 radical (unpaired) electrons. The van der Waals surface area contributed by atoms with Crippen molar-refractivity contribution in [1.29, 1.82) is 5.41 Å². The van der Waals surface area contributed by atoms with Crippen molar-refractivity contribution in [2.24, 2.45) is 5.73 Å². The van der Waals surface area contributed by atoms with Crippen molar-refractivity contribution in [3.63, 3.8) is 0 Å². The number of amidine groups is 1. The molecule has 4 nitrogen and oxygen atoms in total. The Morgan fingerprint density at radius 2 is 2.05 bits per heavy atom. The largest absolute Gasteiger partial charge is 0.489 e. The van der Waals surface area contributed by atoms with Crippen molar-refractivity contribution in [3.05, 3.63) is 63.7 Å². The van der Waals surface area contributed by atoms with E-state index < -0.39 is 6.10 Å². The van der Waals surface area contributed by atoms with E-state index in [1.807, 2.05) is 32.0 Å². The maximum Gasteiger partial charge on any atom is 0.136 e. The third-order valence-corrected chi connectivity index (χ3v) is 3.81. The summed E-state index contributed by atoms with van der Waals surface area (Å²) in [6.07, 6.45) is -1.18. The van der Waals surface area contributed by atoms with Crippen molar-refractivity contribution in [1.82, 2.24) is 0 Å². The predicted molar refractivity (Wildman–Crippen MR) is 88.6 cm³/mol. The molecule has 0 aromatic heterocycles. The first-order valence-corrected chi connectivity index (χ1v) is 7.27. The van der Waals surface area contributed by atoms with Gasteiger partial charge in [-0.15, -0.1) is 0 Å². The van der Waals surface area contributed by atoms with Crippen LogP contribution in [0, 0.1) is 19.3 Å². The third-order valence-electron chi connectivity index (χ3n) is 3.46. The Balaban J connectivity index is 2.29. The first kappa shape index (κ1) is 16.3. The van der Waals surface area contributed by atoms with Gasteiger partial charge in [-0.3, -0.25) is 5.41 Å². The SMILES string of the molecule is Cc1ccc(C)c(OCc2c(Cl)cccc2C(O)C(=N)N)c1. The summed E-state index contributed by atoms with van der Waals surface area (Å²) < 4.78 is 5.85. The number of hydrogen-bond acceptors (Lipinski definition) is 3. The van der Waals surface area contributed by atoms with E-state index in [0.29, 0.717) is 16.1 Å². The zero-order valence-corrected chi connectivity index (χ0v) is 13.3. The molecule has 2 aromatic carbocycles. The highest BCUT2D eigenvalue weighted by Crippen LogP contribution is 2.28. The highest BCUT2D eigenvalue weighted by Gasteiger charge is 2.18. The number of nitrogens with two attached hydrogens (primary N) is 1. The minimum absolute atomic E-state index is 0.198. The highest BCUT2D eigenvalue weighted by molar-refractivity contribution is 6.31. The lowest BCUT2D eigenvalue weighted by molar-refractivity contribution is 0.238. The number of nitrogens with one attached hydrogen (secondary N) is 1. The Hall–Kier alpha value is -2.04. The molecule has 0 aliphatic heterocycles. The van der Waals surface area contributed by atoms with Gasteiger partial charge in [0.15, 0.2) is 0 Å². The van der Waals surface area contributed by atoms with Crippen molar-refractivity contribution in [2.75, 3.05) is 0 Å². The number of hydrogen-bond donors (Lipinski definition) is 3. The van der Waals surface area contributed by atoms with Crippen LogP contribution in [0.4, 0.5) is 0 Å². The lowest BCUT2D eigenvalue weighted by Gasteiger charge is -2.17. The Morgan fingerprint density at radius 3 is 2.73 bits per heavy atom. The molecule has 0 saturated heterocycles. The molecule has 22 heavy (non-hydrogen) atoms.